The van der Waals surface area contributed by atoms with Gasteiger partial charge in [-0.1, -0.05) is 12.1 Å². The molecule has 6 aromatic rings. The molecule has 57 heavy (non-hydrogen) atoms. The summed E-state index contributed by atoms with van der Waals surface area (Å²) in [7, 11) is 3.30. The molecule has 3 atom stereocenters. The van der Waals surface area contributed by atoms with Crippen LogP contribution < -0.4 is 14.4 Å². The number of benzene rings is 1. The lowest BCUT2D eigenvalue weighted by molar-refractivity contribution is -0.137. The molecule has 3 fully saturated rings. The van der Waals surface area contributed by atoms with E-state index >= 15 is 13.2 Å². The number of methoxy groups -OCH3 is 1. The quantitative estimate of drug-likeness (QED) is 0.187. The number of pyridine rings is 2. The average Bonchev–Trinajstić information content (AvgIpc) is 3.87. The zero-order valence-corrected chi connectivity index (χ0v) is 32.1. The molecular formula is C40H43F4N9O4. The zero-order valence-electron chi connectivity index (χ0n) is 32.1. The van der Waals surface area contributed by atoms with Crippen molar-refractivity contribution in [1.82, 2.24) is 39.2 Å². The first-order valence-electron chi connectivity index (χ1n) is 19.0. The number of alkyl halides is 4. The monoisotopic (exact) mass is 789 g/mol. The van der Waals surface area contributed by atoms with E-state index in [1.165, 1.54) is 19.3 Å². The Morgan fingerprint density at radius 2 is 1.86 bits per heavy atom. The lowest BCUT2D eigenvalue weighted by Gasteiger charge is -2.31. The minimum absolute atomic E-state index is 0.0455. The van der Waals surface area contributed by atoms with Gasteiger partial charge >= 0.3 is 12.2 Å². The maximum atomic E-state index is 15.2. The SMILES string of the molecule is COc1ccc(Cn2ncc3c(-c4nccc5c6c(N7CCOC[C@@](C)(O)C7)nc(OC[C@@]78CCCN7C[C@H](F)C8)nc6n(C)c45)c(C(F)(F)F)c(C)nc32)cc1. The van der Waals surface area contributed by atoms with Gasteiger partial charge in [0.05, 0.1) is 73.0 Å². The predicted molar refractivity (Wildman–Crippen MR) is 204 cm³/mol. The normalized spacial score (nSPS) is 23.2. The van der Waals surface area contributed by atoms with Crippen molar-refractivity contribution in [3.8, 4) is 23.0 Å². The highest BCUT2D eigenvalue weighted by Crippen LogP contribution is 2.46. The molecule has 300 valence electrons. The van der Waals surface area contributed by atoms with Crippen LogP contribution in [-0.2, 0) is 24.5 Å². The van der Waals surface area contributed by atoms with Gasteiger partial charge in [0.1, 0.15) is 35.6 Å². The molecule has 1 N–H and O–H groups in total. The van der Waals surface area contributed by atoms with Crippen LogP contribution >= 0.6 is 0 Å². The van der Waals surface area contributed by atoms with Gasteiger partial charge in [-0.15, -0.1) is 0 Å². The van der Waals surface area contributed by atoms with Crippen LogP contribution in [0.2, 0.25) is 0 Å². The van der Waals surface area contributed by atoms with Crippen LogP contribution in [0.15, 0.2) is 42.7 Å². The molecule has 1 aromatic carbocycles. The van der Waals surface area contributed by atoms with E-state index in [4.69, 9.17) is 24.2 Å². The Hall–Kier alpha value is -5.13. The van der Waals surface area contributed by atoms with Crippen molar-refractivity contribution in [2.24, 2.45) is 7.05 Å². The summed E-state index contributed by atoms with van der Waals surface area (Å²) in [6.45, 7) is 5.55. The van der Waals surface area contributed by atoms with E-state index in [2.05, 4.69) is 20.0 Å². The summed E-state index contributed by atoms with van der Waals surface area (Å²) in [4.78, 5) is 23.0. The van der Waals surface area contributed by atoms with Crippen molar-refractivity contribution in [3.63, 3.8) is 0 Å². The van der Waals surface area contributed by atoms with Crippen molar-refractivity contribution in [1.29, 1.82) is 0 Å². The number of aliphatic hydroxyl groups is 1. The van der Waals surface area contributed by atoms with Crippen LogP contribution in [0.1, 0.15) is 43.0 Å². The number of halogens is 4. The van der Waals surface area contributed by atoms with Crippen molar-refractivity contribution in [2.75, 3.05) is 58.0 Å². The number of nitrogens with zero attached hydrogens (tertiary/aromatic N) is 9. The Labute approximate surface area is 325 Å². The minimum atomic E-state index is -4.79. The molecule has 3 aliphatic rings. The molecule has 0 radical (unpaired) electrons. The van der Waals surface area contributed by atoms with Crippen LogP contribution in [0.4, 0.5) is 23.4 Å². The van der Waals surface area contributed by atoms with Gasteiger partial charge in [0, 0.05) is 49.1 Å². The first kappa shape index (κ1) is 37.4. The second kappa shape index (κ2) is 13.8. The van der Waals surface area contributed by atoms with E-state index in [9.17, 15) is 9.50 Å². The van der Waals surface area contributed by atoms with Crippen LogP contribution in [-0.4, -0.2) is 115 Å². The summed E-state index contributed by atoms with van der Waals surface area (Å²) in [6.07, 6.45) is -0.764. The number of ether oxygens (including phenoxy) is 3. The Morgan fingerprint density at radius 3 is 2.63 bits per heavy atom. The van der Waals surface area contributed by atoms with Gasteiger partial charge in [-0.3, -0.25) is 9.88 Å². The summed E-state index contributed by atoms with van der Waals surface area (Å²) in [5, 5.41) is 17.1. The van der Waals surface area contributed by atoms with E-state index in [0.29, 0.717) is 59.6 Å². The van der Waals surface area contributed by atoms with Gasteiger partial charge in [-0.05, 0) is 57.0 Å². The van der Waals surface area contributed by atoms with Crippen molar-refractivity contribution >= 4 is 38.8 Å². The van der Waals surface area contributed by atoms with Gasteiger partial charge in [0.2, 0.25) is 0 Å². The summed E-state index contributed by atoms with van der Waals surface area (Å²) in [5.41, 5.74) is -1.01. The van der Waals surface area contributed by atoms with E-state index in [-0.39, 0.29) is 60.3 Å². The number of hydrogen-bond acceptors (Lipinski definition) is 11. The third-order valence-corrected chi connectivity index (χ3v) is 11.7. The Balaban J connectivity index is 1.24. The fourth-order valence-corrected chi connectivity index (χ4v) is 9.13. The van der Waals surface area contributed by atoms with Crippen LogP contribution in [0.5, 0.6) is 11.8 Å². The van der Waals surface area contributed by atoms with Crippen molar-refractivity contribution in [3.05, 3.63) is 59.5 Å². The Bertz CT molecular complexity index is 2500. The number of hydrogen-bond donors (Lipinski definition) is 1. The van der Waals surface area contributed by atoms with E-state index in [1.807, 2.05) is 29.2 Å². The van der Waals surface area contributed by atoms with Gasteiger partial charge in [0.15, 0.2) is 5.65 Å². The smallest absolute Gasteiger partial charge is 0.418 e. The fourth-order valence-electron chi connectivity index (χ4n) is 9.13. The molecule has 0 saturated carbocycles. The van der Waals surface area contributed by atoms with E-state index in [0.717, 1.165) is 24.9 Å². The molecule has 9 rings (SSSR count). The highest BCUT2D eigenvalue weighted by Gasteiger charge is 2.49. The first-order valence-corrected chi connectivity index (χ1v) is 19.0. The number of aryl methyl sites for hydroxylation is 2. The standard InChI is InChI=1S/C40H43F4N9O4/c1-23-31(40(42,43)44)29(28-17-46-53(34(28)47-23)18-24-6-8-26(55-4)9-7-24)32-33-27(10-12-45-32)30-35(50(33)3)48-37(49-36(30)51-14-15-56-21-38(2,54)20-51)57-22-39-11-5-13-52(39)19-25(41)16-39/h6-10,12,17,25,54H,5,11,13-16,18-22H2,1-4H3/t25-,38+,39+/m1/s1. The molecule has 0 spiro atoms. The molecule has 13 nitrogen and oxygen atoms in total. The molecule has 5 aromatic heterocycles. The highest BCUT2D eigenvalue weighted by atomic mass is 19.4. The summed E-state index contributed by atoms with van der Waals surface area (Å²) >= 11 is 0. The second-order valence-electron chi connectivity index (χ2n) is 15.8. The van der Waals surface area contributed by atoms with Crippen molar-refractivity contribution in [2.45, 2.75) is 63.1 Å². The fraction of sp³-hybridized carbons (Fsp3) is 0.475. The van der Waals surface area contributed by atoms with Crippen molar-refractivity contribution < 1.29 is 36.9 Å². The molecule has 0 unspecified atom stereocenters. The molecular weight excluding hydrogens is 746 g/mol. The maximum Gasteiger partial charge on any atom is 0.418 e. The Kier molecular flexibility index (Phi) is 9.04. The van der Waals surface area contributed by atoms with Crippen LogP contribution in [0.25, 0.3) is 44.2 Å². The number of β-amino-alcohol motifs (C(OH)–C–C–N with tert-alkyl or cyclic N) is 1. The molecule has 0 aliphatic carbocycles. The summed E-state index contributed by atoms with van der Waals surface area (Å²) in [6, 6.07) is 9.13. The minimum Gasteiger partial charge on any atom is -0.497 e. The third kappa shape index (κ3) is 6.49. The van der Waals surface area contributed by atoms with Gasteiger partial charge in [0.25, 0.3) is 0 Å². The van der Waals surface area contributed by atoms with E-state index in [1.54, 1.807) is 36.4 Å². The molecule has 0 bridgehead atoms. The van der Waals surface area contributed by atoms with Gasteiger partial charge in [-0.2, -0.15) is 28.2 Å². The van der Waals surface area contributed by atoms with E-state index < -0.39 is 29.1 Å². The zero-order chi connectivity index (χ0) is 39.9. The van der Waals surface area contributed by atoms with Crippen LogP contribution in [0.3, 0.4) is 0 Å². The lowest BCUT2D eigenvalue weighted by Crippen LogP contribution is -2.44. The summed E-state index contributed by atoms with van der Waals surface area (Å²) in [5.74, 6) is 1.10. The maximum absolute atomic E-state index is 15.2. The average molecular weight is 790 g/mol. The molecule has 17 heteroatoms. The highest BCUT2D eigenvalue weighted by molar-refractivity contribution is 6.16. The summed E-state index contributed by atoms with van der Waals surface area (Å²) < 4.78 is 81.1. The molecule has 3 aliphatic heterocycles. The Morgan fingerprint density at radius 1 is 1.05 bits per heavy atom. The van der Waals surface area contributed by atoms with Gasteiger partial charge < -0.3 is 28.8 Å². The molecule has 3 saturated heterocycles. The molecule has 8 heterocycles. The number of fused-ring (bicyclic) bond motifs is 5. The first-order chi connectivity index (χ1) is 27.2. The van der Waals surface area contributed by atoms with Gasteiger partial charge in [-0.25, -0.2) is 14.1 Å². The predicted octanol–water partition coefficient (Wildman–Crippen LogP) is 5.86. The number of aromatic nitrogens is 7. The number of anilines is 1. The largest absolute Gasteiger partial charge is 0.497 e. The third-order valence-electron chi connectivity index (χ3n) is 11.7. The van der Waals surface area contributed by atoms with Crippen LogP contribution in [0, 0.1) is 6.92 Å². The topological polar surface area (TPSA) is 129 Å². The second-order valence-corrected chi connectivity index (χ2v) is 15.8. The number of rotatable bonds is 8. The lowest BCUT2D eigenvalue weighted by atomic mass is 9.95. The molecule has 0 amide bonds.